The van der Waals surface area contributed by atoms with Gasteiger partial charge in [-0.25, -0.2) is 0 Å². The summed E-state index contributed by atoms with van der Waals surface area (Å²) in [5.41, 5.74) is -3.77. The molecular weight excluding hydrogens is 340 g/mol. The molecule has 1 heterocycles. The fourth-order valence-electron chi connectivity index (χ4n) is 2.79. The number of alkyl halides is 2. The van der Waals surface area contributed by atoms with Crippen LogP contribution in [0.5, 0.6) is 0 Å². The summed E-state index contributed by atoms with van der Waals surface area (Å²) in [5, 5.41) is 10.9. The van der Waals surface area contributed by atoms with Crippen molar-refractivity contribution in [2.45, 2.75) is 11.5 Å². The number of para-hydroxylation sites is 1. The van der Waals surface area contributed by atoms with Crippen LogP contribution < -0.4 is 4.90 Å². The van der Waals surface area contributed by atoms with Crippen molar-refractivity contribution in [2.75, 3.05) is 11.9 Å². The molecule has 1 aliphatic rings. The number of halogens is 3. The maximum atomic E-state index is 14.9. The molecule has 0 radical (unpaired) electrons. The average molecular weight is 352 g/mol. The molecule has 2 aromatic carbocycles. The molecule has 3 rings (SSSR count). The first kappa shape index (κ1) is 16.5. The van der Waals surface area contributed by atoms with Crippen molar-refractivity contribution in [1.29, 1.82) is 0 Å². The van der Waals surface area contributed by atoms with E-state index in [2.05, 4.69) is 0 Å². The van der Waals surface area contributed by atoms with Crippen molar-refractivity contribution in [1.82, 2.24) is 0 Å². The van der Waals surface area contributed by atoms with Gasteiger partial charge in [-0.1, -0.05) is 29.8 Å². The second-order valence-corrected chi connectivity index (χ2v) is 5.94. The van der Waals surface area contributed by atoms with Gasteiger partial charge in [0.05, 0.1) is 5.69 Å². The number of anilines is 1. The van der Waals surface area contributed by atoms with Crippen LogP contribution in [0.4, 0.5) is 14.5 Å². The number of likely N-dealkylation sites (N-methyl/N-ethyl adjacent to an activating group) is 1. The van der Waals surface area contributed by atoms with Crippen LogP contribution in [0.1, 0.15) is 15.9 Å². The number of rotatable bonds is 3. The van der Waals surface area contributed by atoms with E-state index in [1.54, 1.807) is 6.07 Å². The van der Waals surface area contributed by atoms with E-state index in [0.29, 0.717) is 0 Å². The molecule has 1 atom stereocenters. The van der Waals surface area contributed by atoms with Gasteiger partial charge < -0.3 is 10.0 Å². The molecule has 0 fully saturated rings. The van der Waals surface area contributed by atoms with Crippen molar-refractivity contribution < 1.29 is 23.5 Å². The third-order valence-corrected chi connectivity index (χ3v) is 4.37. The van der Waals surface area contributed by atoms with Crippen LogP contribution in [0.3, 0.4) is 0 Å². The number of hydrogen-bond acceptors (Lipinski definition) is 3. The van der Waals surface area contributed by atoms with E-state index >= 15 is 0 Å². The first-order chi connectivity index (χ1) is 11.2. The highest BCUT2D eigenvalue weighted by Gasteiger charge is 2.68. The number of fused-ring (bicyclic) bond motifs is 1. The Morgan fingerprint density at radius 3 is 2.38 bits per heavy atom. The van der Waals surface area contributed by atoms with Crippen molar-refractivity contribution in [2.24, 2.45) is 0 Å². The minimum atomic E-state index is -4.35. The number of carbonyl (C=O) groups is 2. The molecule has 0 aromatic heterocycles. The zero-order valence-corrected chi connectivity index (χ0v) is 13.2. The maximum absolute atomic E-state index is 14.9. The van der Waals surface area contributed by atoms with Crippen LogP contribution in [0.15, 0.2) is 48.5 Å². The molecular formula is C17H12ClF2NO3. The van der Waals surface area contributed by atoms with Crippen LogP contribution in [-0.2, 0) is 10.4 Å². The Morgan fingerprint density at radius 1 is 1.17 bits per heavy atom. The summed E-state index contributed by atoms with van der Waals surface area (Å²) in [6.07, 6.45) is 0. The van der Waals surface area contributed by atoms with Crippen LogP contribution in [0.25, 0.3) is 0 Å². The topological polar surface area (TPSA) is 57.6 Å². The quantitative estimate of drug-likeness (QED) is 0.865. The molecule has 2 aromatic rings. The Balaban J connectivity index is 2.13. The minimum absolute atomic E-state index is 0.133. The summed E-state index contributed by atoms with van der Waals surface area (Å²) in [7, 11) is 1.27. The van der Waals surface area contributed by atoms with E-state index in [9.17, 15) is 23.5 Å². The smallest absolute Gasteiger partial charge is 0.351 e. The Hall–Kier alpha value is -2.31. The maximum Gasteiger partial charge on any atom is 0.351 e. The summed E-state index contributed by atoms with van der Waals surface area (Å²) < 4.78 is 29.8. The van der Waals surface area contributed by atoms with E-state index in [0.717, 1.165) is 17.0 Å². The standard InChI is InChI=1S/C17H12ClF2NO3/c1-21-13-5-3-2-4-12(13)16(24,15(21)23)17(19,20)14(22)10-6-8-11(18)9-7-10/h2-9,24H,1H3/t16-/m0/s1. The number of amides is 1. The van der Waals surface area contributed by atoms with Gasteiger partial charge in [-0.15, -0.1) is 0 Å². The lowest BCUT2D eigenvalue weighted by molar-refractivity contribution is -0.173. The number of aliphatic hydroxyl groups is 1. The molecule has 7 heteroatoms. The molecule has 124 valence electrons. The molecule has 1 N–H and O–H groups in total. The molecule has 0 saturated heterocycles. The van der Waals surface area contributed by atoms with Gasteiger partial charge in [0.25, 0.3) is 5.91 Å². The van der Waals surface area contributed by atoms with E-state index in [4.69, 9.17) is 11.6 Å². The molecule has 0 bridgehead atoms. The lowest BCUT2D eigenvalue weighted by Crippen LogP contribution is -2.56. The van der Waals surface area contributed by atoms with E-state index in [1.165, 1.54) is 37.4 Å². The summed E-state index contributed by atoms with van der Waals surface area (Å²) in [5.74, 6) is -7.25. The fraction of sp³-hybridized carbons (Fsp3) is 0.176. The Bertz CT molecular complexity index is 838. The van der Waals surface area contributed by atoms with Crippen molar-refractivity contribution in [3.63, 3.8) is 0 Å². The Kier molecular flexibility index (Phi) is 3.69. The number of carbonyl (C=O) groups excluding carboxylic acids is 2. The van der Waals surface area contributed by atoms with Crippen molar-refractivity contribution in [3.05, 3.63) is 64.7 Å². The lowest BCUT2D eigenvalue weighted by atomic mass is 9.84. The first-order valence-electron chi connectivity index (χ1n) is 6.99. The number of Topliss-reactive ketones (excluding diaryl/α,β-unsaturated/α-hetero) is 1. The van der Waals surface area contributed by atoms with Gasteiger partial charge in [0.15, 0.2) is 0 Å². The van der Waals surface area contributed by atoms with E-state index < -0.39 is 23.2 Å². The normalized spacial score (nSPS) is 20.2. The molecule has 1 aliphatic heterocycles. The zero-order chi connectivity index (χ0) is 17.7. The minimum Gasteiger partial charge on any atom is -0.370 e. The van der Waals surface area contributed by atoms with Gasteiger partial charge in [0, 0.05) is 23.2 Å². The Morgan fingerprint density at radius 2 is 1.75 bits per heavy atom. The van der Waals surface area contributed by atoms with Crippen molar-refractivity contribution in [3.8, 4) is 0 Å². The predicted molar refractivity (Wildman–Crippen MR) is 84.5 cm³/mol. The summed E-state index contributed by atoms with van der Waals surface area (Å²) >= 11 is 5.69. The molecule has 0 spiro atoms. The van der Waals surface area contributed by atoms with Crippen molar-refractivity contribution >= 4 is 29.0 Å². The third-order valence-electron chi connectivity index (χ3n) is 4.12. The largest absolute Gasteiger partial charge is 0.370 e. The molecule has 4 nitrogen and oxygen atoms in total. The predicted octanol–water partition coefficient (Wildman–Crippen LogP) is 3.02. The Labute approximate surface area is 141 Å². The first-order valence-corrected chi connectivity index (χ1v) is 7.37. The third kappa shape index (κ3) is 2.07. The van der Waals surface area contributed by atoms with Crippen LogP contribution in [-0.4, -0.2) is 29.8 Å². The highest BCUT2D eigenvalue weighted by molar-refractivity contribution is 6.30. The molecule has 0 unspecified atom stereocenters. The second kappa shape index (κ2) is 5.36. The molecule has 1 amide bonds. The van der Waals surface area contributed by atoms with Gasteiger partial charge in [-0.2, -0.15) is 8.78 Å². The van der Waals surface area contributed by atoms with Gasteiger partial charge >= 0.3 is 5.92 Å². The molecule has 24 heavy (non-hydrogen) atoms. The number of nitrogens with zero attached hydrogens (tertiary/aromatic N) is 1. The summed E-state index contributed by atoms with van der Waals surface area (Å²) in [4.78, 5) is 25.6. The van der Waals surface area contributed by atoms with E-state index in [1.807, 2.05) is 0 Å². The average Bonchev–Trinajstić information content (AvgIpc) is 2.78. The van der Waals surface area contributed by atoms with Crippen LogP contribution in [0, 0.1) is 0 Å². The number of hydrogen-bond donors (Lipinski definition) is 1. The summed E-state index contributed by atoms with van der Waals surface area (Å²) in [6.45, 7) is 0. The van der Waals surface area contributed by atoms with Gasteiger partial charge in [-0.3, -0.25) is 9.59 Å². The summed E-state index contributed by atoms with van der Waals surface area (Å²) in [6, 6.07) is 10.4. The molecule has 0 aliphatic carbocycles. The SMILES string of the molecule is CN1C(=O)[C@](O)(C(F)(F)C(=O)c2ccc(Cl)cc2)c2ccccc21. The monoisotopic (exact) mass is 351 g/mol. The fourth-order valence-corrected chi connectivity index (χ4v) is 2.92. The number of benzene rings is 2. The highest BCUT2D eigenvalue weighted by atomic mass is 35.5. The lowest BCUT2D eigenvalue weighted by Gasteiger charge is -2.30. The second-order valence-electron chi connectivity index (χ2n) is 5.50. The van der Waals surface area contributed by atoms with E-state index in [-0.39, 0.29) is 21.8 Å². The van der Waals surface area contributed by atoms with Crippen LogP contribution >= 0.6 is 11.6 Å². The zero-order valence-electron chi connectivity index (χ0n) is 12.5. The molecule has 0 saturated carbocycles. The van der Waals surface area contributed by atoms with Gasteiger partial charge in [0.2, 0.25) is 11.4 Å². The van der Waals surface area contributed by atoms with Gasteiger partial charge in [-0.05, 0) is 30.3 Å². The van der Waals surface area contributed by atoms with Gasteiger partial charge in [0.1, 0.15) is 0 Å². The van der Waals surface area contributed by atoms with Crippen LogP contribution in [0.2, 0.25) is 5.02 Å². The number of ketones is 1. The highest BCUT2D eigenvalue weighted by Crippen LogP contribution is 2.49.